The van der Waals surface area contributed by atoms with Gasteiger partial charge in [-0.15, -0.1) is 11.3 Å². The largest absolute Gasteiger partial charge is 0.496 e. The lowest BCUT2D eigenvalue weighted by Gasteiger charge is -2.23. The molecule has 0 saturated heterocycles. The maximum atomic E-state index is 13.2. The zero-order valence-corrected chi connectivity index (χ0v) is 18.1. The van der Waals surface area contributed by atoms with Crippen molar-refractivity contribution in [3.63, 3.8) is 0 Å². The highest BCUT2D eigenvalue weighted by molar-refractivity contribution is 7.07. The number of hydrogen-bond donors (Lipinski definition) is 1. The number of nitrogens with zero attached hydrogens (tertiary/aromatic N) is 3. The van der Waals surface area contributed by atoms with Crippen molar-refractivity contribution in [3.8, 4) is 23.6 Å². The number of thiazole rings is 1. The number of aromatic nitrogens is 1. The average molecular weight is 443 g/mol. The van der Waals surface area contributed by atoms with Crippen LogP contribution in [-0.4, -0.2) is 18.8 Å². The molecular weight excluding hydrogens is 424 g/mol. The van der Waals surface area contributed by atoms with Crippen LogP contribution in [0.4, 0.5) is 0 Å². The lowest BCUT2D eigenvalue weighted by Crippen LogP contribution is -2.38. The lowest BCUT2D eigenvalue weighted by atomic mass is 9.84. The van der Waals surface area contributed by atoms with Crippen LogP contribution >= 0.6 is 11.3 Å². The SMILES string of the molecule is COc1ccccc1/C=c1/sc2n(c1=O)C(N)=C(C#N)[C@@H](c1ccccc1OC)C=2C#N. The van der Waals surface area contributed by atoms with Gasteiger partial charge >= 0.3 is 0 Å². The first-order valence-corrected chi connectivity index (χ1v) is 10.4. The summed E-state index contributed by atoms with van der Waals surface area (Å²) in [5, 5.41) is 20.0. The number of hydrogen-bond acceptors (Lipinski definition) is 7. The van der Waals surface area contributed by atoms with Crippen molar-refractivity contribution >= 4 is 28.8 Å². The molecule has 7 nitrogen and oxygen atoms in total. The van der Waals surface area contributed by atoms with E-state index >= 15 is 0 Å². The van der Waals surface area contributed by atoms with E-state index < -0.39 is 11.5 Å². The third-order valence-corrected chi connectivity index (χ3v) is 6.37. The first kappa shape index (κ1) is 21.0. The Kier molecular flexibility index (Phi) is 5.55. The summed E-state index contributed by atoms with van der Waals surface area (Å²) in [6.45, 7) is 0. The standard InChI is InChI=1S/C24H18N4O3S/c1-30-18-9-5-3-7-14(18)11-20-23(29)28-22(27)16(12-25)21(17(13-26)24(28)32-20)15-8-4-6-10-19(15)31-2/h3-11,21H,27H2,1-2H3/b20-11+/t21-/m1/s1. The van der Waals surface area contributed by atoms with Gasteiger partial charge in [0.25, 0.3) is 5.56 Å². The Hall–Kier alpha value is -4.27. The second-order valence-electron chi connectivity index (χ2n) is 6.91. The smallest absolute Gasteiger partial charge is 0.274 e. The highest BCUT2D eigenvalue weighted by atomic mass is 32.1. The van der Waals surface area contributed by atoms with Crippen molar-refractivity contribution in [2.75, 3.05) is 14.2 Å². The molecule has 1 aliphatic heterocycles. The Morgan fingerprint density at radius 2 is 1.62 bits per heavy atom. The van der Waals surface area contributed by atoms with Gasteiger partial charge in [-0.25, -0.2) is 0 Å². The van der Waals surface area contributed by atoms with E-state index in [1.165, 1.54) is 11.7 Å². The molecule has 32 heavy (non-hydrogen) atoms. The van der Waals surface area contributed by atoms with E-state index in [4.69, 9.17) is 15.2 Å². The summed E-state index contributed by atoms with van der Waals surface area (Å²) in [4.78, 5) is 13.2. The maximum absolute atomic E-state index is 13.2. The molecule has 1 aliphatic rings. The molecule has 1 aromatic heterocycles. The van der Waals surface area contributed by atoms with Gasteiger partial charge in [-0.2, -0.15) is 10.5 Å². The van der Waals surface area contributed by atoms with E-state index in [-0.39, 0.29) is 17.0 Å². The minimum absolute atomic E-state index is 0.0123. The number of para-hydroxylation sites is 2. The molecule has 4 rings (SSSR count). The van der Waals surface area contributed by atoms with Gasteiger partial charge in [-0.3, -0.25) is 9.36 Å². The fourth-order valence-corrected chi connectivity index (χ4v) is 4.91. The molecule has 0 unspecified atom stereocenters. The van der Waals surface area contributed by atoms with Crippen molar-refractivity contribution in [2.24, 2.45) is 5.73 Å². The normalized spacial score (nSPS) is 15.7. The van der Waals surface area contributed by atoms with Gasteiger partial charge in [0.15, 0.2) is 0 Å². The van der Waals surface area contributed by atoms with Crippen LogP contribution in [0.1, 0.15) is 17.0 Å². The molecule has 0 fully saturated rings. The van der Waals surface area contributed by atoms with E-state index in [2.05, 4.69) is 12.1 Å². The van der Waals surface area contributed by atoms with Crippen LogP contribution in [-0.2, 0) is 0 Å². The quantitative estimate of drug-likeness (QED) is 0.660. The molecule has 0 amide bonds. The zero-order chi connectivity index (χ0) is 22.8. The Balaban J connectivity index is 2.08. The third-order valence-electron chi connectivity index (χ3n) is 5.26. The monoisotopic (exact) mass is 442 g/mol. The highest BCUT2D eigenvalue weighted by Crippen LogP contribution is 2.39. The van der Waals surface area contributed by atoms with Gasteiger partial charge in [0, 0.05) is 11.1 Å². The van der Waals surface area contributed by atoms with E-state index in [1.807, 2.05) is 18.2 Å². The summed E-state index contributed by atoms with van der Waals surface area (Å²) in [7, 11) is 3.08. The summed E-state index contributed by atoms with van der Waals surface area (Å²) in [6, 6.07) is 18.8. The topological polar surface area (TPSA) is 114 Å². The fraction of sp³-hybridized carbons (Fsp3) is 0.125. The highest BCUT2D eigenvalue weighted by Gasteiger charge is 2.33. The van der Waals surface area contributed by atoms with Gasteiger partial charge in [0.1, 0.15) is 22.0 Å². The molecule has 0 bridgehead atoms. The van der Waals surface area contributed by atoms with Crippen molar-refractivity contribution < 1.29 is 9.47 Å². The molecule has 2 heterocycles. The van der Waals surface area contributed by atoms with Crippen molar-refractivity contribution in [1.29, 1.82) is 10.5 Å². The predicted octanol–water partition coefficient (Wildman–Crippen LogP) is 1.88. The first-order valence-electron chi connectivity index (χ1n) is 9.59. The Labute approximate surface area is 187 Å². The number of benzene rings is 2. The molecule has 158 valence electrons. The van der Waals surface area contributed by atoms with Crippen LogP contribution in [0.5, 0.6) is 11.5 Å². The van der Waals surface area contributed by atoms with Crippen LogP contribution in [0.15, 0.2) is 58.9 Å². The Morgan fingerprint density at radius 1 is 1.00 bits per heavy atom. The summed E-state index contributed by atoms with van der Waals surface area (Å²) in [6.07, 6.45) is 1.70. The summed E-state index contributed by atoms with van der Waals surface area (Å²) < 4.78 is 12.8. The number of methoxy groups -OCH3 is 2. The second kappa shape index (κ2) is 8.46. The predicted molar refractivity (Wildman–Crippen MR) is 122 cm³/mol. The minimum atomic E-state index is -0.738. The molecule has 1 atom stereocenters. The summed E-state index contributed by atoms with van der Waals surface area (Å²) in [5.74, 6) is 0.413. The fourth-order valence-electron chi connectivity index (χ4n) is 3.79. The summed E-state index contributed by atoms with van der Waals surface area (Å²) >= 11 is 1.15. The second-order valence-corrected chi connectivity index (χ2v) is 7.94. The van der Waals surface area contributed by atoms with Gasteiger partial charge in [-0.05, 0) is 18.2 Å². The molecule has 0 spiro atoms. The van der Waals surface area contributed by atoms with Crippen molar-refractivity contribution in [3.05, 3.63) is 84.8 Å². The van der Waals surface area contributed by atoms with Gasteiger partial charge in [0.05, 0.1) is 48.0 Å². The molecule has 0 saturated carbocycles. The molecule has 2 aromatic carbocycles. The maximum Gasteiger partial charge on any atom is 0.274 e. The van der Waals surface area contributed by atoms with Gasteiger partial charge < -0.3 is 15.2 Å². The van der Waals surface area contributed by atoms with Crippen LogP contribution in [0.2, 0.25) is 0 Å². The van der Waals surface area contributed by atoms with Crippen molar-refractivity contribution in [1.82, 2.24) is 4.57 Å². The minimum Gasteiger partial charge on any atom is -0.496 e. The number of ether oxygens (including phenoxy) is 2. The first-order chi connectivity index (χ1) is 15.5. The molecule has 3 aromatic rings. The van der Waals surface area contributed by atoms with Crippen LogP contribution < -0.4 is 30.0 Å². The van der Waals surface area contributed by atoms with Gasteiger partial charge in [0.2, 0.25) is 0 Å². The number of nitrogens with two attached hydrogens (primary N) is 1. The van der Waals surface area contributed by atoms with Crippen LogP contribution in [0.3, 0.4) is 0 Å². The van der Waals surface area contributed by atoms with E-state index in [0.717, 1.165) is 11.3 Å². The Bertz CT molecular complexity index is 1520. The van der Waals surface area contributed by atoms with Crippen LogP contribution in [0.25, 0.3) is 17.5 Å². The van der Waals surface area contributed by atoms with E-state index in [9.17, 15) is 15.3 Å². The number of nitriles is 2. The Morgan fingerprint density at radius 3 is 2.28 bits per heavy atom. The molecular formula is C24H18N4O3S. The van der Waals surface area contributed by atoms with E-state index in [0.29, 0.717) is 31.8 Å². The summed E-state index contributed by atoms with van der Waals surface area (Å²) in [5.41, 5.74) is 7.67. The molecule has 8 heteroatoms. The molecule has 0 radical (unpaired) electrons. The number of fused-ring (bicyclic) bond motifs is 1. The lowest BCUT2D eigenvalue weighted by molar-refractivity contribution is 0.409. The van der Waals surface area contributed by atoms with E-state index in [1.54, 1.807) is 43.5 Å². The molecule has 0 aliphatic carbocycles. The van der Waals surface area contributed by atoms with Crippen molar-refractivity contribution in [2.45, 2.75) is 5.92 Å². The number of rotatable bonds is 4. The van der Waals surface area contributed by atoms with Crippen LogP contribution in [0, 0.1) is 22.7 Å². The number of allylic oxidation sites excluding steroid dienone is 1. The molecule has 2 N–H and O–H groups in total. The third kappa shape index (κ3) is 3.24. The zero-order valence-electron chi connectivity index (χ0n) is 17.3. The van der Waals surface area contributed by atoms with Gasteiger partial charge in [-0.1, -0.05) is 36.4 Å². The average Bonchev–Trinajstić information content (AvgIpc) is 3.15.